The molecule has 4 N–H and O–H groups in total. The summed E-state index contributed by atoms with van der Waals surface area (Å²) in [6, 6.07) is 24.6. The minimum atomic E-state index is -0.402. The maximum atomic E-state index is 13.1. The van der Waals surface area contributed by atoms with Crippen molar-refractivity contribution in [1.29, 1.82) is 0 Å². The molecule has 2 aromatic heterocycles. The van der Waals surface area contributed by atoms with Gasteiger partial charge in [-0.15, -0.1) is 0 Å². The number of ether oxygens (including phenoxy) is 1. The largest absolute Gasteiger partial charge is 0.465 e. The normalized spacial score (nSPS) is 10.9. The smallest absolute Gasteiger partial charge is 0.337 e. The number of nitrogens with one attached hydrogen (secondary N) is 2. The molecule has 0 radical (unpaired) electrons. The fourth-order valence-electron chi connectivity index (χ4n) is 4.67. The van der Waals surface area contributed by atoms with Gasteiger partial charge in [-0.25, -0.2) is 9.78 Å². The second-order valence-corrected chi connectivity index (χ2v) is 9.62. The third kappa shape index (κ3) is 5.43. The minimum absolute atomic E-state index is 0.197. The first-order valence-electron chi connectivity index (χ1n) is 13.0. The summed E-state index contributed by atoms with van der Waals surface area (Å²) in [6.45, 7) is 4.94. The number of esters is 1. The number of benzene rings is 3. The summed E-state index contributed by atoms with van der Waals surface area (Å²) in [5.41, 5.74) is 14.0. The average molecular weight is 534 g/mol. The number of anilines is 2. The van der Waals surface area contributed by atoms with Gasteiger partial charge in [0.1, 0.15) is 17.2 Å². The number of carbonyl (C=O) groups is 2. The molecule has 0 aliphatic rings. The fraction of sp³-hybridized carbons (Fsp3) is 0.156. The molecule has 0 unspecified atom stereocenters. The Morgan fingerprint density at radius 2 is 1.60 bits per heavy atom. The lowest BCUT2D eigenvalue weighted by atomic mass is 10.1. The topological polar surface area (TPSA) is 111 Å². The van der Waals surface area contributed by atoms with Gasteiger partial charge in [-0.3, -0.25) is 9.20 Å². The predicted octanol–water partition coefficient (Wildman–Crippen LogP) is 5.54. The van der Waals surface area contributed by atoms with Gasteiger partial charge in [0, 0.05) is 36.1 Å². The summed E-state index contributed by atoms with van der Waals surface area (Å²) < 4.78 is 6.77. The van der Waals surface area contributed by atoms with Crippen LogP contribution < -0.4 is 16.4 Å². The number of aromatic nitrogens is 2. The van der Waals surface area contributed by atoms with E-state index < -0.39 is 5.97 Å². The number of carbonyl (C=O) groups excluding carboxylic acids is 2. The highest BCUT2D eigenvalue weighted by atomic mass is 16.5. The highest BCUT2D eigenvalue weighted by molar-refractivity contribution is 5.95. The van der Waals surface area contributed by atoms with Gasteiger partial charge >= 0.3 is 5.97 Å². The second kappa shape index (κ2) is 11.4. The third-order valence-electron chi connectivity index (χ3n) is 6.87. The molecule has 1 amide bonds. The number of pyridine rings is 1. The number of methoxy groups -OCH3 is 1. The molecule has 0 atom stereocenters. The summed E-state index contributed by atoms with van der Waals surface area (Å²) in [6.07, 6.45) is 1.84. The van der Waals surface area contributed by atoms with Crippen molar-refractivity contribution in [2.24, 2.45) is 5.73 Å². The first-order chi connectivity index (χ1) is 19.4. The maximum Gasteiger partial charge on any atom is 0.337 e. The highest BCUT2D eigenvalue weighted by Crippen LogP contribution is 2.33. The zero-order chi connectivity index (χ0) is 28.2. The van der Waals surface area contributed by atoms with Gasteiger partial charge in [0.2, 0.25) is 0 Å². The Morgan fingerprint density at radius 3 is 2.30 bits per heavy atom. The van der Waals surface area contributed by atoms with Crippen LogP contribution in [0.3, 0.4) is 0 Å². The van der Waals surface area contributed by atoms with Crippen LogP contribution in [-0.4, -0.2) is 28.4 Å². The Bertz CT molecular complexity index is 1690. The first-order valence-corrected chi connectivity index (χ1v) is 13.0. The lowest BCUT2D eigenvalue weighted by molar-refractivity contribution is 0.0600. The van der Waals surface area contributed by atoms with Gasteiger partial charge in [-0.05, 0) is 60.4 Å². The third-order valence-corrected chi connectivity index (χ3v) is 6.87. The van der Waals surface area contributed by atoms with E-state index in [1.54, 1.807) is 24.3 Å². The molecule has 202 valence electrons. The monoisotopic (exact) mass is 533 g/mol. The number of para-hydroxylation sites is 1. The number of amides is 1. The van der Waals surface area contributed by atoms with Gasteiger partial charge in [0.15, 0.2) is 0 Å². The Labute approximate surface area is 232 Å². The Morgan fingerprint density at radius 1 is 0.900 bits per heavy atom. The first kappa shape index (κ1) is 26.6. The van der Waals surface area contributed by atoms with Crippen LogP contribution in [0.2, 0.25) is 0 Å². The van der Waals surface area contributed by atoms with Crippen LogP contribution in [0.25, 0.3) is 16.9 Å². The van der Waals surface area contributed by atoms with Crippen molar-refractivity contribution in [1.82, 2.24) is 14.7 Å². The Kier molecular flexibility index (Phi) is 7.61. The average Bonchev–Trinajstić information content (AvgIpc) is 3.35. The van der Waals surface area contributed by atoms with Crippen LogP contribution in [0.15, 0.2) is 85.1 Å². The van der Waals surface area contributed by atoms with Crippen molar-refractivity contribution < 1.29 is 14.3 Å². The van der Waals surface area contributed by atoms with Crippen LogP contribution in [0.5, 0.6) is 0 Å². The molecule has 0 bridgehead atoms. The van der Waals surface area contributed by atoms with E-state index in [2.05, 4.69) is 36.6 Å². The molecular weight excluding hydrogens is 502 g/mol. The van der Waals surface area contributed by atoms with E-state index in [0.29, 0.717) is 35.6 Å². The van der Waals surface area contributed by atoms with Crippen molar-refractivity contribution in [3.05, 3.63) is 118 Å². The molecule has 8 nitrogen and oxygen atoms in total. The van der Waals surface area contributed by atoms with Crippen LogP contribution in [0.1, 0.15) is 43.0 Å². The number of hydrogen-bond donors (Lipinski definition) is 3. The molecule has 0 aliphatic heterocycles. The summed E-state index contributed by atoms with van der Waals surface area (Å²) >= 11 is 0. The van der Waals surface area contributed by atoms with E-state index >= 15 is 0 Å². The van der Waals surface area contributed by atoms with Crippen molar-refractivity contribution >= 4 is 29.0 Å². The molecule has 5 rings (SSSR count). The zero-order valence-electron chi connectivity index (χ0n) is 22.7. The minimum Gasteiger partial charge on any atom is -0.465 e. The van der Waals surface area contributed by atoms with Crippen molar-refractivity contribution in [3.8, 4) is 11.3 Å². The lowest BCUT2D eigenvalue weighted by Crippen LogP contribution is -2.23. The van der Waals surface area contributed by atoms with Crippen LogP contribution in [0, 0.1) is 13.8 Å². The Balaban J connectivity index is 1.51. The summed E-state index contributed by atoms with van der Waals surface area (Å²) in [5, 5.41) is 6.57. The van der Waals surface area contributed by atoms with Crippen LogP contribution in [0.4, 0.5) is 11.5 Å². The number of hydrogen-bond acceptors (Lipinski definition) is 6. The highest BCUT2D eigenvalue weighted by Gasteiger charge is 2.18. The molecule has 40 heavy (non-hydrogen) atoms. The summed E-state index contributed by atoms with van der Waals surface area (Å²) in [7, 11) is 1.36. The Hall–Kier alpha value is -4.95. The fourth-order valence-corrected chi connectivity index (χ4v) is 4.67. The molecule has 3 aromatic carbocycles. The van der Waals surface area contributed by atoms with Gasteiger partial charge in [0.05, 0.1) is 12.7 Å². The molecule has 5 aromatic rings. The van der Waals surface area contributed by atoms with E-state index in [-0.39, 0.29) is 5.91 Å². The molecular formula is C32H31N5O3. The number of fused-ring (bicyclic) bond motifs is 1. The van der Waals surface area contributed by atoms with Gasteiger partial charge in [-0.2, -0.15) is 0 Å². The van der Waals surface area contributed by atoms with Gasteiger partial charge in [-0.1, -0.05) is 54.6 Å². The SMILES string of the molecule is COC(=O)c1ccc(-c2nc3cc(C(=O)NCc4cccc(CN)c4)ccn3c2Nc2c(C)cccc2C)cc1. The van der Waals surface area contributed by atoms with Gasteiger partial charge in [0.25, 0.3) is 5.91 Å². The molecule has 0 aliphatic carbocycles. The summed E-state index contributed by atoms with van der Waals surface area (Å²) in [5.74, 6) is 0.154. The molecule has 2 heterocycles. The van der Waals surface area contributed by atoms with Crippen molar-refractivity contribution in [2.45, 2.75) is 26.9 Å². The van der Waals surface area contributed by atoms with E-state index in [4.69, 9.17) is 15.5 Å². The van der Waals surface area contributed by atoms with E-state index in [1.807, 2.05) is 53.1 Å². The van der Waals surface area contributed by atoms with Crippen LogP contribution >= 0.6 is 0 Å². The van der Waals surface area contributed by atoms with E-state index in [1.165, 1.54) is 7.11 Å². The zero-order valence-corrected chi connectivity index (χ0v) is 22.7. The lowest BCUT2D eigenvalue weighted by Gasteiger charge is -2.14. The van der Waals surface area contributed by atoms with Gasteiger partial charge < -0.3 is 21.1 Å². The molecule has 0 saturated carbocycles. The second-order valence-electron chi connectivity index (χ2n) is 9.62. The number of nitrogens with zero attached hydrogens (tertiary/aromatic N) is 2. The predicted molar refractivity (Wildman–Crippen MR) is 157 cm³/mol. The number of aryl methyl sites for hydroxylation is 2. The maximum absolute atomic E-state index is 13.1. The molecule has 0 saturated heterocycles. The number of imidazole rings is 1. The number of rotatable bonds is 8. The molecule has 0 fully saturated rings. The van der Waals surface area contributed by atoms with E-state index in [9.17, 15) is 9.59 Å². The summed E-state index contributed by atoms with van der Waals surface area (Å²) in [4.78, 5) is 29.9. The number of nitrogens with two attached hydrogens (primary N) is 1. The molecule has 8 heteroatoms. The quantitative estimate of drug-likeness (QED) is 0.226. The van der Waals surface area contributed by atoms with Crippen molar-refractivity contribution in [3.63, 3.8) is 0 Å². The molecule has 0 spiro atoms. The van der Waals surface area contributed by atoms with E-state index in [0.717, 1.165) is 39.3 Å². The van der Waals surface area contributed by atoms with Crippen LogP contribution in [-0.2, 0) is 17.8 Å². The standard InChI is InChI=1S/C32H31N5O3/c1-20-6-4-7-21(2)28(20)36-30-29(24-10-12-25(13-11-24)32(39)40-3)35-27-17-26(14-15-37(27)30)31(38)34-19-23-9-5-8-22(16-23)18-33/h4-17,36H,18-19,33H2,1-3H3,(H,34,38). The van der Waals surface area contributed by atoms with Crippen molar-refractivity contribution in [2.75, 3.05) is 12.4 Å².